The van der Waals surface area contributed by atoms with Crippen LogP contribution in [0.4, 0.5) is 11.4 Å². The van der Waals surface area contributed by atoms with Crippen molar-refractivity contribution >= 4 is 41.1 Å². The Hall–Kier alpha value is -3.52. The average Bonchev–Trinajstić information content (AvgIpc) is 3.24. The molecule has 1 saturated heterocycles. The average molecular weight is 443 g/mol. The van der Waals surface area contributed by atoms with Crippen LogP contribution in [0.3, 0.4) is 0 Å². The molecule has 0 aliphatic carbocycles. The van der Waals surface area contributed by atoms with Crippen molar-refractivity contribution < 1.29 is 19.1 Å². The Balaban J connectivity index is 1.59. The highest BCUT2D eigenvalue weighted by Gasteiger charge is 2.56. The molecule has 2 aliphatic rings. The van der Waals surface area contributed by atoms with Gasteiger partial charge in [-0.15, -0.1) is 0 Å². The molecule has 0 amide bonds. The lowest BCUT2D eigenvalue weighted by Crippen LogP contribution is -2.50. The summed E-state index contributed by atoms with van der Waals surface area (Å²) < 4.78 is 10.4. The maximum Gasteiger partial charge on any atom is 0.376 e. The molecule has 0 aromatic heterocycles. The van der Waals surface area contributed by atoms with E-state index in [0.29, 0.717) is 0 Å². The van der Waals surface area contributed by atoms with Gasteiger partial charge in [-0.25, -0.2) is 0 Å². The number of ether oxygens (including phenoxy) is 2. The summed E-state index contributed by atoms with van der Waals surface area (Å²) in [6.45, 7) is 1.60. The Morgan fingerprint density at radius 2 is 1.52 bits per heavy atom. The third kappa shape index (κ3) is 3.60. The summed E-state index contributed by atoms with van der Waals surface area (Å²) in [4.78, 5) is 26.1. The van der Waals surface area contributed by atoms with Gasteiger partial charge in [0.2, 0.25) is 0 Å². The second kappa shape index (κ2) is 8.44. The molecule has 2 aliphatic heterocycles. The van der Waals surface area contributed by atoms with Crippen LogP contribution in [0.2, 0.25) is 5.82 Å². The fourth-order valence-corrected chi connectivity index (χ4v) is 5.33. The lowest BCUT2D eigenvalue weighted by Gasteiger charge is -2.33. The number of anilines is 2. The van der Waals surface area contributed by atoms with E-state index in [-0.39, 0.29) is 5.97 Å². The Kier molecular flexibility index (Phi) is 5.46. The van der Waals surface area contributed by atoms with E-state index in [0.717, 1.165) is 33.3 Å². The molecule has 4 atom stereocenters. The third-order valence-electron chi connectivity index (χ3n) is 6.76. The van der Waals surface area contributed by atoms with E-state index in [1.165, 1.54) is 14.2 Å². The largest absolute Gasteiger partial charge is 0.469 e. The molecular formula is C25H26BN3O4. The van der Waals surface area contributed by atoms with Gasteiger partial charge in [-0.3, -0.25) is 14.9 Å². The zero-order chi connectivity index (χ0) is 23.1. The maximum atomic E-state index is 13.2. The number of methoxy groups -OCH3 is 2. The van der Waals surface area contributed by atoms with Crippen LogP contribution >= 0.6 is 0 Å². The van der Waals surface area contributed by atoms with E-state index in [1.807, 2.05) is 55.5 Å². The van der Waals surface area contributed by atoms with E-state index in [9.17, 15) is 9.59 Å². The molecule has 8 heteroatoms. The highest BCUT2D eigenvalue weighted by molar-refractivity contribution is 6.70. The summed E-state index contributed by atoms with van der Waals surface area (Å²) in [5.41, 5.74) is 3.92. The monoisotopic (exact) mass is 443 g/mol. The first kappa shape index (κ1) is 21.3. The molecule has 168 valence electrons. The second-order valence-electron chi connectivity index (χ2n) is 8.66. The van der Waals surface area contributed by atoms with Gasteiger partial charge in [0.1, 0.15) is 6.04 Å². The van der Waals surface area contributed by atoms with Crippen LogP contribution in [-0.2, 0) is 19.1 Å². The van der Waals surface area contributed by atoms with Gasteiger partial charge < -0.3 is 19.9 Å². The highest BCUT2D eigenvalue weighted by atomic mass is 16.5. The predicted octanol–water partition coefficient (Wildman–Crippen LogP) is 3.52. The van der Waals surface area contributed by atoms with Gasteiger partial charge in [-0.2, -0.15) is 0 Å². The number of hydrogen-bond donors (Lipinski definition) is 3. The minimum atomic E-state index is -0.709. The fraction of sp³-hybridized carbons (Fsp3) is 0.280. The molecule has 1 fully saturated rings. The molecule has 3 aromatic rings. The predicted molar refractivity (Wildman–Crippen MR) is 129 cm³/mol. The number of benzene rings is 3. The zero-order valence-electron chi connectivity index (χ0n) is 18.8. The number of rotatable bonds is 4. The van der Waals surface area contributed by atoms with Gasteiger partial charge in [-0.05, 0) is 30.0 Å². The summed E-state index contributed by atoms with van der Waals surface area (Å²) in [6, 6.07) is 19.0. The van der Waals surface area contributed by atoms with Crippen LogP contribution in [0.5, 0.6) is 0 Å². The topological polar surface area (TPSA) is 88.7 Å². The molecule has 5 rings (SSSR count). The van der Waals surface area contributed by atoms with E-state index in [2.05, 4.69) is 27.9 Å². The normalized spacial score (nSPS) is 23.5. The van der Waals surface area contributed by atoms with E-state index in [4.69, 9.17) is 9.47 Å². The lowest BCUT2D eigenvalue weighted by atomic mass is 9.53. The van der Waals surface area contributed by atoms with Crippen molar-refractivity contribution in [3.05, 3.63) is 71.8 Å². The molecule has 3 N–H and O–H groups in total. The molecule has 0 radical (unpaired) electrons. The Morgan fingerprint density at radius 1 is 0.879 bits per heavy atom. The van der Waals surface area contributed by atoms with Crippen LogP contribution in [0.1, 0.15) is 17.2 Å². The van der Waals surface area contributed by atoms with E-state index < -0.39 is 36.8 Å². The van der Waals surface area contributed by atoms with Crippen molar-refractivity contribution in [2.24, 2.45) is 5.92 Å². The van der Waals surface area contributed by atoms with Gasteiger partial charge in [-0.1, -0.05) is 54.1 Å². The molecule has 33 heavy (non-hydrogen) atoms. The van der Waals surface area contributed by atoms with Crippen molar-refractivity contribution in [1.29, 1.82) is 0 Å². The van der Waals surface area contributed by atoms with Crippen LogP contribution < -0.4 is 15.8 Å². The van der Waals surface area contributed by atoms with Gasteiger partial charge in [0.05, 0.1) is 20.1 Å². The Morgan fingerprint density at radius 3 is 2.12 bits per heavy atom. The number of carbonyl (C=O) groups is 2. The Labute approximate surface area is 193 Å². The summed E-state index contributed by atoms with van der Waals surface area (Å²) in [5.74, 6) is -1.87. The molecule has 7 nitrogen and oxygen atoms in total. The second-order valence-corrected chi connectivity index (χ2v) is 8.66. The summed E-state index contributed by atoms with van der Waals surface area (Å²) in [6.07, 6.45) is 0. The van der Waals surface area contributed by atoms with Crippen LogP contribution in [-0.4, -0.2) is 39.2 Å². The van der Waals surface area contributed by atoms with Gasteiger partial charge in [0.15, 0.2) is 0 Å². The van der Waals surface area contributed by atoms with Crippen LogP contribution in [0, 0.1) is 12.8 Å². The van der Waals surface area contributed by atoms with Gasteiger partial charge in [0, 0.05) is 28.6 Å². The first-order valence-corrected chi connectivity index (χ1v) is 11.0. The summed E-state index contributed by atoms with van der Waals surface area (Å²) in [5, 5.41) is 12.7. The number of hydrogen-bond acceptors (Lipinski definition) is 7. The van der Waals surface area contributed by atoms with Gasteiger partial charge in [0.25, 0.3) is 0 Å². The highest BCUT2D eigenvalue weighted by Crippen LogP contribution is 2.46. The van der Waals surface area contributed by atoms with Gasteiger partial charge >= 0.3 is 18.9 Å². The number of aryl methyl sites for hydroxylation is 1. The quantitative estimate of drug-likeness (QED) is 0.420. The SMILES string of the molecule is COC(=O)[C@H]1[C@H](B2Nc3cccc4cccc(c34)N2)[C@@H](C(=O)OC)N[C@H]1c1cccc(C)c1. The summed E-state index contributed by atoms with van der Waals surface area (Å²) in [7, 11) is 2.75. The van der Waals surface area contributed by atoms with Crippen molar-refractivity contribution in [3.63, 3.8) is 0 Å². The van der Waals surface area contributed by atoms with Crippen LogP contribution in [0.25, 0.3) is 10.8 Å². The van der Waals surface area contributed by atoms with Crippen molar-refractivity contribution in [2.75, 3.05) is 24.7 Å². The third-order valence-corrected chi connectivity index (χ3v) is 6.76. The van der Waals surface area contributed by atoms with E-state index in [1.54, 1.807) is 0 Å². The lowest BCUT2D eigenvalue weighted by molar-refractivity contribution is -0.146. The summed E-state index contributed by atoms with van der Waals surface area (Å²) >= 11 is 0. The smallest absolute Gasteiger partial charge is 0.376 e. The fourth-order valence-electron chi connectivity index (χ4n) is 5.33. The molecule has 0 unspecified atom stereocenters. The minimum absolute atomic E-state index is 0.369. The van der Waals surface area contributed by atoms with Crippen molar-refractivity contribution in [3.8, 4) is 0 Å². The molecule has 0 bridgehead atoms. The number of nitrogens with one attached hydrogen (secondary N) is 3. The van der Waals surface area contributed by atoms with Crippen LogP contribution in [0.15, 0.2) is 60.7 Å². The first-order chi connectivity index (χ1) is 16.0. The standard InChI is InChI=1S/C25H26BN3O4/c1-14-7-4-10-16(13-14)22-20(24(30)32-2)21(23(27-22)25(31)33-3)26-28-17-11-5-8-15-9-6-12-18(29-26)19(15)17/h4-13,20-23,27-29H,1-3H3/t20-,21-,22-,23-/m0/s1. The molecular weight excluding hydrogens is 417 g/mol. The molecule has 3 aromatic carbocycles. The number of esters is 2. The van der Waals surface area contributed by atoms with Crippen molar-refractivity contribution in [2.45, 2.75) is 24.8 Å². The molecule has 2 heterocycles. The molecule has 0 saturated carbocycles. The zero-order valence-corrected chi connectivity index (χ0v) is 18.8. The number of carbonyl (C=O) groups excluding carboxylic acids is 2. The molecule has 0 spiro atoms. The maximum absolute atomic E-state index is 13.2. The Bertz CT molecular complexity index is 1190. The van der Waals surface area contributed by atoms with E-state index >= 15 is 0 Å². The first-order valence-electron chi connectivity index (χ1n) is 11.0. The van der Waals surface area contributed by atoms with Crippen molar-refractivity contribution in [1.82, 2.24) is 5.32 Å². The minimum Gasteiger partial charge on any atom is -0.469 e.